The smallest absolute Gasteiger partial charge is 0.416 e. The van der Waals surface area contributed by atoms with Crippen molar-refractivity contribution < 1.29 is 27.5 Å². The maximum Gasteiger partial charge on any atom is 0.416 e. The van der Waals surface area contributed by atoms with Crippen LogP contribution in [0.25, 0.3) is 0 Å². The number of amidine groups is 1. The molecule has 1 aliphatic heterocycles. The van der Waals surface area contributed by atoms with Gasteiger partial charge in [-0.3, -0.25) is 14.5 Å². The van der Waals surface area contributed by atoms with Crippen molar-refractivity contribution in [3.63, 3.8) is 0 Å². The summed E-state index contributed by atoms with van der Waals surface area (Å²) in [4.78, 5) is 30.8. The molecule has 0 bridgehead atoms. The summed E-state index contributed by atoms with van der Waals surface area (Å²) >= 11 is 1.07. The minimum Gasteiger partial charge on any atom is -0.494 e. The summed E-state index contributed by atoms with van der Waals surface area (Å²) in [7, 11) is 0. The molecule has 1 saturated heterocycles. The number of alkyl halides is 3. The first-order valence-electron chi connectivity index (χ1n) is 9.98. The van der Waals surface area contributed by atoms with Crippen molar-refractivity contribution in [3.05, 3.63) is 54.1 Å². The molecule has 0 spiro atoms. The molecule has 2 aromatic rings. The van der Waals surface area contributed by atoms with E-state index in [-0.39, 0.29) is 29.1 Å². The fourth-order valence-electron chi connectivity index (χ4n) is 3.06. The van der Waals surface area contributed by atoms with Gasteiger partial charge in [-0.25, -0.2) is 4.99 Å². The Bertz CT molecular complexity index is 1010. The average molecular weight is 465 g/mol. The molecule has 0 saturated carbocycles. The van der Waals surface area contributed by atoms with Crippen LogP contribution >= 0.6 is 11.8 Å². The van der Waals surface area contributed by atoms with Crippen LogP contribution in [0.1, 0.15) is 25.8 Å². The number of aliphatic imine (C=N–C) groups is 1. The zero-order valence-electron chi connectivity index (χ0n) is 17.5. The number of nitrogens with zero attached hydrogens (tertiary/aromatic N) is 2. The monoisotopic (exact) mass is 465 g/mol. The molecule has 0 radical (unpaired) electrons. The highest BCUT2D eigenvalue weighted by molar-refractivity contribution is 8.15. The van der Waals surface area contributed by atoms with Crippen molar-refractivity contribution in [2.24, 2.45) is 4.99 Å². The van der Waals surface area contributed by atoms with E-state index in [4.69, 9.17) is 4.74 Å². The van der Waals surface area contributed by atoms with Crippen molar-refractivity contribution in [2.45, 2.75) is 31.7 Å². The number of thioether (sulfide) groups is 1. The van der Waals surface area contributed by atoms with Crippen LogP contribution in [-0.4, -0.2) is 40.3 Å². The number of anilines is 1. The maximum atomic E-state index is 13.0. The largest absolute Gasteiger partial charge is 0.494 e. The zero-order valence-corrected chi connectivity index (χ0v) is 18.3. The molecule has 1 atom stereocenters. The fraction of sp³-hybridized carbons (Fsp3) is 0.318. The van der Waals surface area contributed by atoms with Crippen molar-refractivity contribution in [3.8, 4) is 5.75 Å². The predicted octanol–water partition coefficient (Wildman–Crippen LogP) is 5.08. The average Bonchev–Trinajstić information content (AvgIpc) is 3.03. The lowest BCUT2D eigenvalue weighted by Gasteiger charge is -2.13. The Kier molecular flexibility index (Phi) is 7.44. The van der Waals surface area contributed by atoms with Gasteiger partial charge in [-0.15, -0.1) is 0 Å². The molecule has 1 aliphatic rings. The summed E-state index contributed by atoms with van der Waals surface area (Å²) in [5, 5.41) is 2.30. The van der Waals surface area contributed by atoms with Crippen molar-refractivity contribution in [1.82, 2.24) is 4.90 Å². The van der Waals surface area contributed by atoms with Gasteiger partial charge in [0.1, 0.15) is 11.0 Å². The minimum absolute atomic E-state index is 0.0885. The summed E-state index contributed by atoms with van der Waals surface area (Å²) in [5.41, 5.74) is -0.157. The number of hydrogen-bond donors (Lipinski definition) is 1. The van der Waals surface area contributed by atoms with Crippen LogP contribution in [0.2, 0.25) is 0 Å². The second kappa shape index (κ2) is 10.1. The van der Waals surface area contributed by atoms with Gasteiger partial charge in [-0.05, 0) is 56.3 Å². The summed E-state index contributed by atoms with van der Waals surface area (Å²) in [6.45, 7) is 4.43. The number of carbonyl (C=O) groups excluding carboxylic acids is 2. The van der Waals surface area contributed by atoms with Gasteiger partial charge in [0.05, 0.1) is 17.9 Å². The molecule has 6 nitrogen and oxygen atoms in total. The molecule has 170 valence electrons. The molecule has 3 rings (SSSR count). The molecular formula is C22H22F3N3O3S. The Hall–Kier alpha value is -3.01. The van der Waals surface area contributed by atoms with Crippen LogP contribution in [0.5, 0.6) is 5.75 Å². The third-order valence-electron chi connectivity index (χ3n) is 4.55. The van der Waals surface area contributed by atoms with Gasteiger partial charge in [-0.2, -0.15) is 13.2 Å². The van der Waals surface area contributed by atoms with Crippen LogP contribution in [0, 0.1) is 0 Å². The SMILES string of the molecule is CCOc1ccc(NC(=O)CC2SC(=Nc3cccc(C(F)(F)F)c3)N(CC)C2=O)cc1. The van der Waals surface area contributed by atoms with Gasteiger partial charge >= 0.3 is 6.18 Å². The Morgan fingerprint density at radius 1 is 1.19 bits per heavy atom. The molecular weight excluding hydrogens is 443 g/mol. The molecule has 1 N–H and O–H groups in total. The molecule has 1 fully saturated rings. The van der Waals surface area contributed by atoms with E-state index in [1.165, 1.54) is 17.0 Å². The van der Waals surface area contributed by atoms with Gasteiger partial charge in [0.15, 0.2) is 5.17 Å². The molecule has 1 heterocycles. The van der Waals surface area contributed by atoms with E-state index in [0.29, 0.717) is 24.6 Å². The van der Waals surface area contributed by atoms with Crippen LogP contribution in [-0.2, 0) is 15.8 Å². The Labute approximate surface area is 187 Å². The second-order valence-corrected chi connectivity index (χ2v) is 8.01. The van der Waals surface area contributed by atoms with E-state index in [2.05, 4.69) is 10.3 Å². The van der Waals surface area contributed by atoms with Crippen molar-refractivity contribution in [2.75, 3.05) is 18.5 Å². The van der Waals surface area contributed by atoms with Crippen molar-refractivity contribution >= 4 is 40.1 Å². The Morgan fingerprint density at radius 2 is 1.91 bits per heavy atom. The lowest BCUT2D eigenvalue weighted by atomic mass is 10.2. The molecule has 2 amide bonds. The zero-order chi connectivity index (χ0) is 23.3. The van der Waals surface area contributed by atoms with E-state index in [1.807, 2.05) is 6.92 Å². The number of carbonyl (C=O) groups is 2. The first-order valence-corrected chi connectivity index (χ1v) is 10.9. The highest BCUT2D eigenvalue weighted by Crippen LogP contribution is 2.34. The third kappa shape index (κ3) is 5.82. The standard InChI is InChI=1S/C22H22F3N3O3S/c1-3-28-20(30)18(13-19(29)26-15-8-10-17(11-9-15)31-4-2)32-21(28)27-16-7-5-6-14(12-16)22(23,24)25/h5-12,18H,3-4,13H2,1-2H3,(H,26,29). The summed E-state index contributed by atoms with van der Waals surface area (Å²) < 4.78 is 44.2. The number of halogens is 3. The second-order valence-electron chi connectivity index (χ2n) is 6.84. The number of nitrogens with one attached hydrogen (secondary N) is 1. The third-order valence-corrected chi connectivity index (χ3v) is 5.73. The lowest BCUT2D eigenvalue weighted by Crippen LogP contribution is -2.33. The van der Waals surface area contributed by atoms with Crippen LogP contribution < -0.4 is 10.1 Å². The van der Waals surface area contributed by atoms with Gasteiger partial charge in [0.25, 0.3) is 0 Å². The van der Waals surface area contributed by atoms with Gasteiger partial charge in [-0.1, -0.05) is 17.8 Å². The van der Waals surface area contributed by atoms with Crippen LogP contribution in [0.15, 0.2) is 53.5 Å². The maximum absolute atomic E-state index is 13.0. The summed E-state index contributed by atoms with van der Waals surface area (Å²) in [5.74, 6) is 0.0301. The van der Waals surface area contributed by atoms with E-state index < -0.39 is 17.0 Å². The summed E-state index contributed by atoms with van der Waals surface area (Å²) in [6, 6.07) is 11.5. The highest BCUT2D eigenvalue weighted by atomic mass is 32.2. The van der Waals surface area contributed by atoms with Gasteiger partial charge in [0.2, 0.25) is 11.8 Å². The number of rotatable bonds is 7. The molecule has 10 heteroatoms. The summed E-state index contributed by atoms with van der Waals surface area (Å²) in [6.07, 6.45) is -4.57. The first-order chi connectivity index (χ1) is 15.2. The molecule has 0 aliphatic carbocycles. The quantitative estimate of drug-likeness (QED) is 0.619. The van der Waals surface area contributed by atoms with E-state index >= 15 is 0 Å². The van der Waals surface area contributed by atoms with Gasteiger partial charge in [0, 0.05) is 18.7 Å². The van der Waals surface area contributed by atoms with Crippen molar-refractivity contribution in [1.29, 1.82) is 0 Å². The fourth-order valence-corrected chi connectivity index (χ4v) is 4.28. The predicted molar refractivity (Wildman–Crippen MR) is 118 cm³/mol. The molecule has 1 unspecified atom stereocenters. The van der Waals surface area contributed by atoms with E-state index in [0.717, 1.165) is 23.9 Å². The highest BCUT2D eigenvalue weighted by Gasteiger charge is 2.38. The molecule has 32 heavy (non-hydrogen) atoms. The minimum atomic E-state index is -4.49. The molecule has 0 aromatic heterocycles. The molecule has 2 aromatic carbocycles. The normalized spacial score (nSPS) is 17.7. The number of amides is 2. The van der Waals surface area contributed by atoms with E-state index in [1.54, 1.807) is 31.2 Å². The Morgan fingerprint density at radius 3 is 2.53 bits per heavy atom. The van der Waals surface area contributed by atoms with Crippen LogP contribution in [0.4, 0.5) is 24.5 Å². The number of ether oxygens (including phenoxy) is 1. The first kappa shape index (κ1) is 23.6. The number of benzene rings is 2. The van der Waals surface area contributed by atoms with Gasteiger partial charge < -0.3 is 10.1 Å². The topological polar surface area (TPSA) is 71.0 Å². The van der Waals surface area contributed by atoms with E-state index in [9.17, 15) is 22.8 Å². The Balaban J connectivity index is 1.69. The van der Waals surface area contributed by atoms with Crippen LogP contribution in [0.3, 0.4) is 0 Å². The lowest BCUT2D eigenvalue weighted by molar-refractivity contribution is -0.137. The number of hydrogen-bond acceptors (Lipinski definition) is 5.